The molecule has 1 aliphatic heterocycles. The van der Waals surface area contributed by atoms with Crippen molar-refractivity contribution in [3.05, 3.63) is 51.2 Å². The van der Waals surface area contributed by atoms with Crippen LogP contribution < -0.4 is 5.43 Å². The first-order chi connectivity index (χ1) is 9.15. The number of phenolic OH excluding ortho intramolecular Hbond substituents is 1. The highest BCUT2D eigenvalue weighted by Gasteiger charge is 2.24. The third-order valence-electron chi connectivity index (χ3n) is 3.40. The molecule has 0 saturated heterocycles. The molecule has 0 amide bonds. The van der Waals surface area contributed by atoms with E-state index in [2.05, 4.69) is 22.0 Å². The topological polar surface area (TPSA) is 44.6 Å². The summed E-state index contributed by atoms with van der Waals surface area (Å²) in [5.41, 5.74) is 6.99. The standard InChI is InChI=1S/C15H16N2OS/c1-9-6-10(2)15(18)11(7-9)12-8-13(17-16-12)14-4-3-5-19-14/h3-7,13,17-18H,8H2,1-2H3/t13-/m0/s1. The van der Waals surface area contributed by atoms with Crippen LogP contribution in [0.4, 0.5) is 0 Å². The number of phenols is 1. The van der Waals surface area contributed by atoms with Crippen molar-refractivity contribution in [3.63, 3.8) is 0 Å². The maximum absolute atomic E-state index is 10.2. The Hall–Kier alpha value is -1.81. The molecule has 0 unspecified atom stereocenters. The minimum absolute atomic E-state index is 0.232. The van der Waals surface area contributed by atoms with E-state index < -0.39 is 0 Å². The summed E-state index contributed by atoms with van der Waals surface area (Å²) < 4.78 is 0. The summed E-state index contributed by atoms with van der Waals surface area (Å²) in [6.07, 6.45) is 0.816. The van der Waals surface area contributed by atoms with Gasteiger partial charge < -0.3 is 10.5 Å². The molecule has 0 bridgehead atoms. The van der Waals surface area contributed by atoms with Crippen LogP contribution in [0.15, 0.2) is 34.7 Å². The molecular weight excluding hydrogens is 256 g/mol. The molecule has 98 valence electrons. The molecule has 1 aromatic heterocycles. The molecule has 0 spiro atoms. The number of benzene rings is 1. The van der Waals surface area contributed by atoms with Crippen LogP contribution in [0.5, 0.6) is 5.75 Å². The van der Waals surface area contributed by atoms with Crippen molar-refractivity contribution in [2.24, 2.45) is 5.10 Å². The van der Waals surface area contributed by atoms with Crippen molar-refractivity contribution in [1.82, 2.24) is 5.43 Å². The van der Waals surface area contributed by atoms with Crippen LogP contribution >= 0.6 is 11.3 Å². The van der Waals surface area contributed by atoms with Crippen molar-refractivity contribution in [3.8, 4) is 5.75 Å². The molecule has 3 rings (SSSR count). The smallest absolute Gasteiger partial charge is 0.127 e. The molecule has 0 radical (unpaired) electrons. The highest BCUT2D eigenvalue weighted by molar-refractivity contribution is 7.10. The van der Waals surface area contributed by atoms with E-state index in [0.29, 0.717) is 5.75 Å². The number of aryl methyl sites for hydroxylation is 2. The number of hydrogen-bond donors (Lipinski definition) is 2. The van der Waals surface area contributed by atoms with E-state index in [-0.39, 0.29) is 6.04 Å². The lowest BCUT2D eigenvalue weighted by molar-refractivity contribution is 0.469. The van der Waals surface area contributed by atoms with Crippen LogP contribution in [-0.2, 0) is 0 Å². The Bertz CT molecular complexity index is 632. The van der Waals surface area contributed by atoms with Gasteiger partial charge in [0.15, 0.2) is 0 Å². The van der Waals surface area contributed by atoms with Gasteiger partial charge in [0, 0.05) is 16.9 Å². The average Bonchev–Trinajstić information content (AvgIpc) is 3.03. The predicted octanol–water partition coefficient (Wildman–Crippen LogP) is 3.51. The van der Waals surface area contributed by atoms with Crippen molar-refractivity contribution < 1.29 is 5.11 Å². The normalized spacial score (nSPS) is 18.2. The molecule has 3 nitrogen and oxygen atoms in total. The third-order valence-corrected chi connectivity index (χ3v) is 4.38. The number of aromatic hydroxyl groups is 1. The molecule has 0 saturated carbocycles. The summed E-state index contributed by atoms with van der Waals surface area (Å²) in [7, 11) is 0. The van der Waals surface area contributed by atoms with E-state index in [1.807, 2.05) is 32.0 Å². The zero-order valence-corrected chi connectivity index (χ0v) is 11.8. The third kappa shape index (κ3) is 2.24. The number of nitrogens with zero attached hydrogens (tertiary/aromatic N) is 1. The number of hydrazone groups is 1. The Morgan fingerprint density at radius 2 is 2.21 bits per heavy atom. The van der Waals surface area contributed by atoms with Crippen molar-refractivity contribution in [2.45, 2.75) is 26.3 Å². The summed E-state index contributed by atoms with van der Waals surface area (Å²) in [5.74, 6) is 0.345. The van der Waals surface area contributed by atoms with Gasteiger partial charge in [-0.1, -0.05) is 12.1 Å². The maximum atomic E-state index is 10.2. The fourth-order valence-electron chi connectivity index (χ4n) is 2.44. The lowest BCUT2D eigenvalue weighted by atomic mass is 9.98. The maximum Gasteiger partial charge on any atom is 0.127 e. The average molecular weight is 272 g/mol. The minimum Gasteiger partial charge on any atom is -0.507 e. The minimum atomic E-state index is 0.232. The highest BCUT2D eigenvalue weighted by Crippen LogP contribution is 2.32. The molecule has 19 heavy (non-hydrogen) atoms. The number of thiophene rings is 1. The zero-order valence-electron chi connectivity index (χ0n) is 11.0. The predicted molar refractivity (Wildman–Crippen MR) is 78.9 cm³/mol. The van der Waals surface area contributed by atoms with Crippen molar-refractivity contribution >= 4 is 17.0 Å². The molecule has 2 N–H and O–H groups in total. The quantitative estimate of drug-likeness (QED) is 0.878. The lowest BCUT2D eigenvalue weighted by Gasteiger charge is -2.09. The van der Waals surface area contributed by atoms with E-state index >= 15 is 0 Å². The van der Waals surface area contributed by atoms with Gasteiger partial charge in [0.25, 0.3) is 0 Å². The Balaban J connectivity index is 1.89. The highest BCUT2D eigenvalue weighted by atomic mass is 32.1. The summed E-state index contributed by atoms with van der Waals surface area (Å²) in [6, 6.07) is 8.38. The van der Waals surface area contributed by atoms with Crippen molar-refractivity contribution in [2.75, 3.05) is 0 Å². The van der Waals surface area contributed by atoms with Gasteiger partial charge in [-0.3, -0.25) is 0 Å². The van der Waals surface area contributed by atoms with Crippen LogP contribution in [0.3, 0.4) is 0 Å². The summed E-state index contributed by atoms with van der Waals surface area (Å²) in [5, 5.41) is 16.7. The summed E-state index contributed by atoms with van der Waals surface area (Å²) in [6.45, 7) is 3.96. The number of hydrogen-bond acceptors (Lipinski definition) is 4. The molecule has 2 heterocycles. The van der Waals surface area contributed by atoms with E-state index in [4.69, 9.17) is 0 Å². The van der Waals surface area contributed by atoms with Crippen LogP contribution in [-0.4, -0.2) is 10.8 Å². The van der Waals surface area contributed by atoms with Gasteiger partial charge in [-0.25, -0.2) is 0 Å². The fourth-order valence-corrected chi connectivity index (χ4v) is 3.22. The van der Waals surface area contributed by atoms with Gasteiger partial charge in [0.05, 0.1) is 11.8 Å². The first-order valence-corrected chi connectivity index (χ1v) is 7.19. The van der Waals surface area contributed by atoms with Gasteiger partial charge >= 0.3 is 0 Å². The second-order valence-corrected chi connectivity index (χ2v) is 5.92. The largest absolute Gasteiger partial charge is 0.507 e. The molecule has 2 aromatic rings. The van der Waals surface area contributed by atoms with Gasteiger partial charge in [0.2, 0.25) is 0 Å². The lowest BCUT2D eigenvalue weighted by Crippen LogP contribution is -2.08. The van der Waals surface area contributed by atoms with Gasteiger partial charge in [-0.15, -0.1) is 11.3 Å². The fraction of sp³-hybridized carbons (Fsp3) is 0.267. The number of nitrogens with one attached hydrogen (secondary N) is 1. The van der Waals surface area contributed by atoms with Crippen molar-refractivity contribution in [1.29, 1.82) is 0 Å². The van der Waals surface area contributed by atoms with E-state index in [1.54, 1.807) is 11.3 Å². The van der Waals surface area contributed by atoms with Gasteiger partial charge in [0.1, 0.15) is 5.75 Å². The molecule has 1 aliphatic rings. The Morgan fingerprint density at radius 3 is 2.95 bits per heavy atom. The molecule has 0 aliphatic carbocycles. The molecule has 1 aromatic carbocycles. The summed E-state index contributed by atoms with van der Waals surface area (Å²) >= 11 is 1.73. The molecular formula is C15H16N2OS. The first-order valence-electron chi connectivity index (χ1n) is 6.31. The number of rotatable bonds is 2. The van der Waals surface area contributed by atoms with Gasteiger partial charge in [-0.2, -0.15) is 5.10 Å². The van der Waals surface area contributed by atoms with E-state index in [0.717, 1.165) is 28.8 Å². The van der Waals surface area contributed by atoms with Crippen LogP contribution in [0.2, 0.25) is 0 Å². The summed E-state index contributed by atoms with van der Waals surface area (Å²) in [4.78, 5) is 1.28. The monoisotopic (exact) mass is 272 g/mol. The van der Waals surface area contributed by atoms with Crippen LogP contribution in [0.1, 0.15) is 34.0 Å². The SMILES string of the molecule is Cc1cc(C)c(O)c(C2=NN[C@H](c3cccs3)C2)c1. The first kappa shape index (κ1) is 12.2. The Morgan fingerprint density at radius 1 is 1.37 bits per heavy atom. The van der Waals surface area contributed by atoms with Crippen LogP contribution in [0, 0.1) is 13.8 Å². The zero-order chi connectivity index (χ0) is 13.4. The Kier molecular flexibility index (Phi) is 3.03. The molecule has 4 heteroatoms. The van der Waals surface area contributed by atoms with Gasteiger partial charge in [-0.05, 0) is 42.5 Å². The second kappa shape index (κ2) is 4.70. The molecule has 1 atom stereocenters. The van der Waals surface area contributed by atoms with E-state index in [9.17, 15) is 5.11 Å². The molecule has 0 fully saturated rings. The van der Waals surface area contributed by atoms with Crippen LogP contribution in [0.25, 0.3) is 0 Å². The Labute approximate surface area is 116 Å². The second-order valence-electron chi connectivity index (χ2n) is 4.94. The van der Waals surface area contributed by atoms with E-state index in [1.165, 1.54) is 4.88 Å².